The first-order chi connectivity index (χ1) is 8.09. The number of aromatic nitrogens is 2. The highest BCUT2D eigenvalue weighted by Gasteiger charge is 2.01. The van der Waals surface area contributed by atoms with Crippen molar-refractivity contribution >= 4 is 5.97 Å². The van der Waals surface area contributed by atoms with Crippen LogP contribution in [0.1, 0.15) is 50.0 Å². The van der Waals surface area contributed by atoms with E-state index in [0.717, 1.165) is 50.0 Å². The fraction of sp³-hybridized carbons (Fsp3) is 0.692. The van der Waals surface area contributed by atoms with Crippen molar-refractivity contribution in [1.29, 1.82) is 0 Å². The molecule has 4 heteroatoms. The number of aryl methyl sites for hydroxylation is 3. The Morgan fingerprint density at radius 2 is 1.94 bits per heavy atom. The van der Waals surface area contributed by atoms with E-state index in [1.807, 2.05) is 18.5 Å². The van der Waals surface area contributed by atoms with Crippen molar-refractivity contribution in [2.45, 2.75) is 51.9 Å². The van der Waals surface area contributed by atoms with Gasteiger partial charge in [-0.2, -0.15) is 0 Å². The van der Waals surface area contributed by atoms with Crippen LogP contribution in [0.2, 0.25) is 0 Å². The predicted octanol–water partition coefficient (Wildman–Crippen LogP) is 2.70. The number of aliphatic carboxylic acids is 1. The van der Waals surface area contributed by atoms with E-state index in [1.54, 1.807) is 0 Å². The van der Waals surface area contributed by atoms with Crippen LogP contribution in [0.25, 0.3) is 0 Å². The SMILES string of the molecule is Cc1nc(CCCCCCCC(=O)O)cn1C. The van der Waals surface area contributed by atoms with E-state index in [2.05, 4.69) is 11.2 Å². The van der Waals surface area contributed by atoms with Gasteiger partial charge >= 0.3 is 5.97 Å². The standard InChI is InChI=1S/C13H22N2O2/c1-11-14-12(10-15(11)2)8-6-4-3-5-7-9-13(16)17/h10H,3-9H2,1-2H3,(H,16,17). The number of hydrogen-bond acceptors (Lipinski definition) is 2. The zero-order valence-corrected chi connectivity index (χ0v) is 10.8. The Hall–Kier alpha value is -1.32. The molecule has 0 unspecified atom stereocenters. The number of carbonyl (C=O) groups is 1. The van der Waals surface area contributed by atoms with Crippen molar-refractivity contribution in [3.05, 3.63) is 17.7 Å². The van der Waals surface area contributed by atoms with E-state index in [0.29, 0.717) is 6.42 Å². The highest BCUT2D eigenvalue weighted by Crippen LogP contribution is 2.09. The van der Waals surface area contributed by atoms with Gasteiger partial charge in [0.1, 0.15) is 5.82 Å². The van der Waals surface area contributed by atoms with Gasteiger partial charge in [-0.15, -0.1) is 0 Å². The molecular formula is C13H22N2O2. The summed E-state index contributed by atoms with van der Waals surface area (Å²) in [4.78, 5) is 14.7. The second-order valence-corrected chi connectivity index (χ2v) is 4.55. The molecule has 4 nitrogen and oxygen atoms in total. The first kappa shape index (κ1) is 13.7. The second kappa shape index (κ2) is 7.09. The molecule has 1 heterocycles. The van der Waals surface area contributed by atoms with E-state index >= 15 is 0 Å². The van der Waals surface area contributed by atoms with Gasteiger partial charge in [0.25, 0.3) is 0 Å². The van der Waals surface area contributed by atoms with Crippen LogP contribution in [0.3, 0.4) is 0 Å². The Labute approximate surface area is 103 Å². The third-order valence-electron chi connectivity index (χ3n) is 2.98. The summed E-state index contributed by atoms with van der Waals surface area (Å²) in [6, 6.07) is 0. The van der Waals surface area contributed by atoms with Gasteiger partial charge in [-0.25, -0.2) is 4.98 Å². The molecule has 0 aliphatic carbocycles. The summed E-state index contributed by atoms with van der Waals surface area (Å²) < 4.78 is 2.04. The van der Waals surface area contributed by atoms with E-state index in [9.17, 15) is 4.79 Å². The summed E-state index contributed by atoms with van der Waals surface area (Å²) in [6.07, 6.45) is 8.67. The van der Waals surface area contributed by atoms with Crippen LogP contribution in [-0.4, -0.2) is 20.6 Å². The van der Waals surface area contributed by atoms with Gasteiger partial charge in [0.15, 0.2) is 0 Å². The number of rotatable bonds is 8. The Kier molecular flexibility index (Phi) is 5.73. The molecule has 1 N–H and O–H groups in total. The maximum Gasteiger partial charge on any atom is 0.303 e. The van der Waals surface area contributed by atoms with Crippen molar-refractivity contribution in [1.82, 2.24) is 9.55 Å². The van der Waals surface area contributed by atoms with Crippen LogP contribution in [0.5, 0.6) is 0 Å². The van der Waals surface area contributed by atoms with Crippen molar-refractivity contribution in [3.63, 3.8) is 0 Å². The molecule has 0 saturated carbocycles. The van der Waals surface area contributed by atoms with E-state index in [4.69, 9.17) is 5.11 Å². The van der Waals surface area contributed by atoms with Gasteiger partial charge < -0.3 is 9.67 Å². The Morgan fingerprint density at radius 1 is 1.29 bits per heavy atom. The number of unbranched alkanes of at least 4 members (excludes halogenated alkanes) is 4. The summed E-state index contributed by atoms with van der Waals surface area (Å²) in [5.41, 5.74) is 1.16. The fourth-order valence-corrected chi connectivity index (χ4v) is 1.87. The first-order valence-electron chi connectivity index (χ1n) is 6.30. The molecule has 1 aromatic rings. The van der Waals surface area contributed by atoms with Gasteiger partial charge in [-0.3, -0.25) is 4.79 Å². The predicted molar refractivity (Wildman–Crippen MR) is 67.0 cm³/mol. The number of hydrogen-bond donors (Lipinski definition) is 1. The number of nitrogens with zero attached hydrogens (tertiary/aromatic N) is 2. The summed E-state index contributed by atoms with van der Waals surface area (Å²) in [6.45, 7) is 2.01. The number of imidazole rings is 1. The highest BCUT2D eigenvalue weighted by molar-refractivity contribution is 5.66. The van der Waals surface area contributed by atoms with Crippen molar-refractivity contribution in [3.8, 4) is 0 Å². The lowest BCUT2D eigenvalue weighted by Gasteiger charge is -1.99. The number of carboxylic acid groups (broad SMARTS) is 1. The van der Waals surface area contributed by atoms with Crippen LogP contribution in [0.4, 0.5) is 0 Å². The van der Waals surface area contributed by atoms with Crippen molar-refractivity contribution in [2.24, 2.45) is 7.05 Å². The molecule has 0 atom stereocenters. The Morgan fingerprint density at radius 3 is 2.53 bits per heavy atom. The lowest BCUT2D eigenvalue weighted by molar-refractivity contribution is -0.137. The lowest BCUT2D eigenvalue weighted by atomic mass is 10.1. The van der Waals surface area contributed by atoms with Gasteiger partial charge in [-0.1, -0.05) is 19.3 Å². The molecule has 1 aromatic heterocycles. The Balaban J connectivity index is 2.02. The van der Waals surface area contributed by atoms with E-state index in [-0.39, 0.29) is 0 Å². The minimum Gasteiger partial charge on any atom is -0.481 e. The number of carboxylic acids is 1. The third-order valence-corrected chi connectivity index (χ3v) is 2.98. The van der Waals surface area contributed by atoms with Gasteiger partial charge in [0.2, 0.25) is 0 Å². The maximum absolute atomic E-state index is 10.3. The summed E-state index contributed by atoms with van der Waals surface area (Å²) in [5, 5.41) is 8.48. The molecule has 17 heavy (non-hydrogen) atoms. The first-order valence-corrected chi connectivity index (χ1v) is 6.30. The second-order valence-electron chi connectivity index (χ2n) is 4.55. The van der Waals surface area contributed by atoms with Crippen LogP contribution in [0, 0.1) is 6.92 Å². The molecule has 0 bridgehead atoms. The van der Waals surface area contributed by atoms with Crippen LogP contribution in [-0.2, 0) is 18.3 Å². The summed E-state index contributed by atoms with van der Waals surface area (Å²) in [7, 11) is 2.01. The van der Waals surface area contributed by atoms with Crippen LogP contribution >= 0.6 is 0 Å². The third kappa shape index (κ3) is 5.52. The molecule has 1 rings (SSSR count). The van der Waals surface area contributed by atoms with Gasteiger partial charge in [0, 0.05) is 19.7 Å². The van der Waals surface area contributed by atoms with E-state index < -0.39 is 5.97 Å². The largest absolute Gasteiger partial charge is 0.481 e. The smallest absolute Gasteiger partial charge is 0.303 e. The van der Waals surface area contributed by atoms with Gasteiger partial charge in [0.05, 0.1) is 5.69 Å². The molecule has 0 amide bonds. The summed E-state index contributed by atoms with van der Waals surface area (Å²) in [5.74, 6) is 0.371. The molecule has 96 valence electrons. The average molecular weight is 238 g/mol. The minimum atomic E-state index is -0.686. The maximum atomic E-state index is 10.3. The molecular weight excluding hydrogens is 216 g/mol. The normalized spacial score (nSPS) is 10.7. The zero-order valence-electron chi connectivity index (χ0n) is 10.8. The minimum absolute atomic E-state index is 0.305. The average Bonchev–Trinajstić information content (AvgIpc) is 2.56. The zero-order chi connectivity index (χ0) is 12.7. The molecule has 0 spiro atoms. The topological polar surface area (TPSA) is 55.1 Å². The molecule has 0 radical (unpaired) electrons. The Bertz CT molecular complexity index is 339. The molecule has 0 aliphatic heterocycles. The summed E-state index contributed by atoms with van der Waals surface area (Å²) >= 11 is 0. The van der Waals surface area contributed by atoms with Crippen LogP contribution in [0.15, 0.2) is 6.20 Å². The fourth-order valence-electron chi connectivity index (χ4n) is 1.87. The highest BCUT2D eigenvalue weighted by atomic mass is 16.4. The van der Waals surface area contributed by atoms with Crippen molar-refractivity contribution in [2.75, 3.05) is 0 Å². The van der Waals surface area contributed by atoms with Gasteiger partial charge in [-0.05, 0) is 26.2 Å². The van der Waals surface area contributed by atoms with E-state index in [1.165, 1.54) is 0 Å². The quantitative estimate of drug-likeness (QED) is 0.708. The van der Waals surface area contributed by atoms with Crippen molar-refractivity contribution < 1.29 is 9.90 Å². The van der Waals surface area contributed by atoms with Crippen LogP contribution < -0.4 is 0 Å². The molecule has 0 aliphatic rings. The monoisotopic (exact) mass is 238 g/mol. The molecule has 0 saturated heterocycles. The lowest BCUT2D eigenvalue weighted by Crippen LogP contribution is -1.93. The molecule has 0 fully saturated rings. The molecule has 0 aromatic carbocycles.